The summed E-state index contributed by atoms with van der Waals surface area (Å²) in [6.45, 7) is 3.20. The van der Waals surface area contributed by atoms with E-state index >= 15 is 0 Å². The minimum Gasteiger partial charge on any atom is -0.491 e. The number of hydrogen-bond donors (Lipinski definition) is 4. The highest BCUT2D eigenvalue weighted by molar-refractivity contribution is 14.1. The van der Waals surface area contributed by atoms with Crippen LogP contribution in [0.1, 0.15) is 47.6 Å². The van der Waals surface area contributed by atoms with E-state index in [4.69, 9.17) is 14.8 Å². The Labute approximate surface area is 255 Å². The lowest BCUT2D eigenvalue weighted by Crippen LogP contribution is -2.38. The number of benzene rings is 3. The van der Waals surface area contributed by atoms with Crippen molar-refractivity contribution in [1.82, 2.24) is 20.2 Å². The number of aliphatic hydroxyl groups excluding tert-OH is 2. The SMILES string of the molecule is Cc1[nH]c([C@H]([C@@H](C)c2ccccc2)N2C(=O)N[C@H](c3ccc(OC[C@H](O)CO)cc3)C2=O)nc1-c1ccc(I)cc1F. The zero-order valence-corrected chi connectivity index (χ0v) is 25.1. The molecule has 0 unspecified atom stereocenters. The molecule has 218 valence electrons. The third-order valence-corrected chi connectivity index (χ3v) is 7.96. The largest absolute Gasteiger partial charge is 0.491 e. The van der Waals surface area contributed by atoms with E-state index in [9.17, 15) is 19.1 Å². The number of hydrogen-bond acceptors (Lipinski definition) is 6. The van der Waals surface area contributed by atoms with Crippen molar-refractivity contribution in [2.45, 2.75) is 38.0 Å². The number of H-pyrrole nitrogens is 1. The van der Waals surface area contributed by atoms with Gasteiger partial charge in [-0.1, -0.05) is 49.4 Å². The molecule has 4 N–H and O–H groups in total. The molecule has 3 aromatic carbocycles. The summed E-state index contributed by atoms with van der Waals surface area (Å²) in [7, 11) is 0. The zero-order valence-electron chi connectivity index (χ0n) is 22.9. The lowest BCUT2D eigenvalue weighted by molar-refractivity contribution is -0.129. The Kier molecular flexibility index (Phi) is 8.90. The first-order valence-electron chi connectivity index (χ1n) is 13.4. The van der Waals surface area contributed by atoms with Crippen molar-refractivity contribution in [3.05, 3.63) is 105 Å². The molecule has 1 aliphatic rings. The number of nitrogens with zero attached hydrogens (tertiary/aromatic N) is 2. The van der Waals surface area contributed by atoms with Gasteiger partial charge < -0.3 is 25.3 Å². The summed E-state index contributed by atoms with van der Waals surface area (Å²) in [5.74, 6) is -0.408. The summed E-state index contributed by atoms with van der Waals surface area (Å²) >= 11 is 2.04. The van der Waals surface area contributed by atoms with Gasteiger partial charge in [-0.3, -0.25) is 9.69 Å². The van der Waals surface area contributed by atoms with Crippen LogP contribution >= 0.6 is 22.6 Å². The number of aromatic nitrogens is 2. The fourth-order valence-corrected chi connectivity index (χ4v) is 5.53. The maximum atomic E-state index is 14.9. The lowest BCUT2D eigenvalue weighted by atomic mass is 9.91. The maximum absolute atomic E-state index is 14.9. The normalized spacial score (nSPS) is 17.2. The monoisotopic (exact) mass is 684 g/mol. The topological polar surface area (TPSA) is 128 Å². The van der Waals surface area contributed by atoms with Crippen molar-refractivity contribution in [2.75, 3.05) is 13.2 Å². The molecule has 3 amide bonds. The first-order chi connectivity index (χ1) is 20.2. The number of aliphatic hydroxyl groups is 2. The van der Waals surface area contributed by atoms with Crippen LogP contribution in [-0.4, -0.2) is 56.3 Å². The third-order valence-electron chi connectivity index (χ3n) is 7.28. The molecule has 1 aromatic heterocycles. The Morgan fingerprint density at radius 1 is 1.10 bits per heavy atom. The van der Waals surface area contributed by atoms with Crippen molar-refractivity contribution in [1.29, 1.82) is 0 Å². The Morgan fingerprint density at radius 3 is 2.48 bits per heavy atom. The number of ether oxygens (including phenoxy) is 1. The number of aryl methyl sites for hydroxylation is 1. The molecule has 0 radical (unpaired) electrons. The van der Waals surface area contributed by atoms with Gasteiger partial charge in [-0.05, 0) is 71.0 Å². The number of rotatable bonds is 10. The molecule has 42 heavy (non-hydrogen) atoms. The van der Waals surface area contributed by atoms with Gasteiger partial charge in [0.25, 0.3) is 5.91 Å². The summed E-state index contributed by atoms with van der Waals surface area (Å²) in [6.07, 6.45) is -1.01. The van der Waals surface area contributed by atoms with Gasteiger partial charge in [0, 0.05) is 20.7 Å². The highest BCUT2D eigenvalue weighted by Gasteiger charge is 2.46. The fraction of sp³-hybridized carbons (Fsp3) is 0.258. The van der Waals surface area contributed by atoms with Crippen LogP contribution in [0.5, 0.6) is 5.75 Å². The summed E-state index contributed by atoms with van der Waals surface area (Å²) in [6, 6.07) is 18.7. The lowest BCUT2D eigenvalue weighted by Gasteiger charge is -2.29. The van der Waals surface area contributed by atoms with Crippen LogP contribution in [0.25, 0.3) is 11.3 Å². The summed E-state index contributed by atoms with van der Waals surface area (Å²) in [5, 5.41) is 21.3. The summed E-state index contributed by atoms with van der Waals surface area (Å²) in [5.41, 5.74) is 2.80. The highest BCUT2D eigenvalue weighted by Crippen LogP contribution is 2.40. The second-order valence-electron chi connectivity index (χ2n) is 10.2. The number of carbonyl (C=O) groups is 2. The molecule has 0 bridgehead atoms. The molecule has 1 fully saturated rings. The van der Waals surface area contributed by atoms with E-state index in [1.165, 1.54) is 11.0 Å². The van der Waals surface area contributed by atoms with E-state index < -0.39 is 42.6 Å². The fourth-order valence-electron chi connectivity index (χ4n) is 5.07. The Morgan fingerprint density at radius 2 is 1.81 bits per heavy atom. The second-order valence-corrected chi connectivity index (χ2v) is 11.4. The van der Waals surface area contributed by atoms with Gasteiger partial charge in [-0.15, -0.1) is 0 Å². The van der Waals surface area contributed by atoms with Crippen molar-refractivity contribution in [3.63, 3.8) is 0 Å². The van der Waals surface area contributed by atoms with E-state index in [-0.39, 0.29) is 12.5 Å². The standard InChI is InChI=1S/C31H30FIN4O5/c1-17(19-6-4-3-5-7-19)28(29-34-18(2)26(35-29)24-13-10-21(33)14-25(24)32)37-30(40)27(36-31(37)41)20-8-11-23(12-9-20)42-16-22(39)15-38/h3-14,17,22,27-28,38-39H,15-16H2,1-2H3,(H,34,35)(H,36,41)/t17-,22+,27+,28-/m0/s1. The Bertz CT molecular complexity index is 1580. The van der Waals surface area contributed by atoms with Crippen molar-refractivity contribution in [3.8, 4) is 17.0 Å². The molecule has 4 aromatic rings. The molecule has 0 spiro atoms. The summed E-state index contributed by atoms with van der Waals surface area (Å²) < 4.78 is 21.1. The number of aromatic amines is 1. The van der Waals surface area contributed by atoms with Crippen LogP contribution in [-0.2, 0) is 4.79 Å². The van der Waals surface area contributed by atoms with Crippen LogP contribution < -0.4 is 10.1 Å². The Hall–Kier alpha value is -3.81. The zero-order chi connectivity index (χ0) is 30.0. The molecular weight excluding hydrogens is 654 g/mol. The van der Waals surface area contributed by atoms with Crippen LogP contribution in [0, 0.1) is 16.3 Å². The first-order valence-corrected chi connectivity index (χ1v) is 14.5. The maximum Gasteiger partial charge on any atom is 0.325 e. The third kappa shape index (κ3) is 6.03. The van der Waals surface area contributed by atoms with Gasteiger partial charge in [0.15, 0.2) is 0 Å². The van der Waals surface area contributed by atoms with Crippen LogP contribution in [0.15, 0.2) is 72.8 Å². The van der Waals surface area contributed by atoms with Gasteiger partial charge >= 0.3 is 6.03 Å². The predicted molar refractivity (Wildman–Crippen MR) is 162 cm³/mol. The minimum atomic E-state index is -1.01. The highest BCUT2D eigenvalue weighted by atomic mass is 127. The molecule has 1 saturated heterocycles. The molecule has 1 aliphatic heterocycles. The van der Waals surface area contributed by atoms with Gasteiger partial charge in [0.1, 0.15) is 42.2 Å². The van der Waals surface area contributed by atoms with E-state index in [0.717, 1.165) is 9.13 Å². The van der Waals surface area contributed by atoms with Gasteiger partial charge in [-0.25, -0.2) is 14.2 Å². The van der Waals surface area contributed by atoms with E-state index in [1.807, 2.05) is 59.8 Å². The van der Waals surface area contributed by atoms with E-state index in [0.29, 0.717) is 34.1 Å². The average molecular weight is 685 g/mol. The number of amides is 3. The van der Waals surface area contributed by atoms with Crippen molar-refractivity contribution < 1.29 is 28.9 Å². The number of imide groups is 1. The summed E-state index contributed by atoms with van der Waals surface area (Å²) in [4.78, 5) is 36.6. The van der Waals surface area contributed by atoms with Crippen LogP contribution in [0.2, 0.25) is 0 Å². The van der Waals surface area contributed by atoms with Crippen molar-refractivity contribution in [2.24, 2.45) is 0 Å². The number of carbonyl (C=O) groups excluding carboxylic acids is 2. The molecule has 9 nitrogen and oxygen atoms in total. The molecular formula is C31H30FIN4O5. The van der Waals surface area contributed by atoms with Gasteiger partial charge in [0.2, 0.25) is 0 Å². The molecule has 2 heterocycles. The molecule has 5 rings (SSSR count). The molecule has 0 saturated carbocycles. The molecule has 4 atom stereocenters. The first kappa shape index (κ1) is 29.7. The van der Waals surface area contributed by atoms with E-state index in [1.54, 1.807) is 43.3 Å². The molecule has 0 aliphatic carbocycles. The van der Waals surface area contributed by atoms with Crippen LogP contribution in [0.4, 0.5) is 9.18 Å². The Balaban J connectivity index is 1.49. The van der Waals surface area contributed by atoms with Crippen LogP contribution in [0.3, 0.4) is 0 Å². The van der Waals surface area contributed by atoms with E-state index in [2.05, 4.69) is 10.3 Å². The smallest absolute Gasteiger partial charge is 0.325 e. The van der Waals surface area contributed by atoms with Crippen molar-refractivity contribution >= 4 is 34.5 Å². The quantitative estimate of drug-likeness (QED) is 0.138. The minimum absolute atomic E-state index is 0.0849. The second kappa shape index (κ2) is 12.6. The number of urea groups is 1. The number of nitrogens with one attached hydrogen (secondary N) is 2. The van der Waals surface area contributed by atoms with Gasteiger partial charge in [0.05, 0.1) is 12.3 Å². The number of halogens is 2. The average Bonchev–Trinajstić information content (AvgIpc) is 3.51. The molecule has 11 heteroatoms. The van der Waals surface area contributed by atoms with Gasteiger partial charge in [-0.2, -0.15) is 0 Å². The number of imidazole rings is 1. The predicted octanol–water partition coefficient (Wildman–Crippen LogP) is 5.00.